The monoisotopic (exact) mass is 429 g/mol. The van der Waals surface area contributed by atoms with Crippen LogP contribution in [-0.4, -0.2) is 73.4 Å². The maximum atomic E-state index is 12.6. The Hall–Kier alpha value is -2.57. The molecule has 3 rings (SSSR count). The van der Waals surface area contributed by atoms with Crippen LogP contribution in [0.15, 0.2) is 48.5 Å². The van der Waals surface area contributed by atoms with Gasteiger partial charge in [-0.2, -0.15) is 0 Å². The fraction of sp³-hybridized carbons (Fsp3) is 0.391. The Balaban J connectivity index is 1.45. The molecule has 160 valence electrons. The van der Waals surface area contributed by atoms with E-state index < -0.39 is 0 Å². The first-order valence-electron chi connectivity index (χ1n) is 10.1. The van der Waals surface area contributed by atoms with Gasteiger partial charge in [0.1, 0.15) is 5.75 Å². The van der Waals surface area contributed by atoms with E-state index in [-0.39, 0.29) is 11.8 Å². The summed E-state index contributed by atoms with van der Waals surface area (Å²) in [7, 11) is 3.44. The van der Waals surface area contributed by atoms with Gasteiger partial charge in [-0.15, -0.1) is 0 Å². The zero-order valence-corrected chi connectivity index (χ0v) is 18.3. The van der Waals surface area contributed by atoms with Gasteiger partial charge in [-0.1, -0.05) is 41.9 Å². The molecule has 0 aliphatic carbocycles. The van der Waals surface area contributed by atoms with E-state index in [9.17, 15) is 9.59 Å². The van der Waals surface area contributed by atoms with Crippen LogP contribution in [0.2, 0.25) is 5.02 Å². The molecule has 2 amide bonds. The van der Waals surface area contributed by atoms with Crippen molar-refractivity contribution in [1.29, 1.82) is 0 Å². The fourth-order valence-electron chi connectivity index (χ4n) is 3.52. The molecule has 0 N–H and O–H groups in total. The Kier molecular flexibility index (Phi) is 7.71. The predicted molar refractivity (Wildman–Crippen MR) is 118 cm³/mol. The van der Waals surface area contributed by atoms with Crippen molar-refractivity contribution in [3.63, 3.8) is 0 Å². The molecule has 1 aliphatic rings. The van der Waals surface area contributed by atoms with E-state index in [0.717, 1.165) is 16.9 Å². The lowest BCUT2D eigenvalue weighted by atomic mass is 10.1. The number of amides is 2. The lowest BCUT2D eigenvalue weighted by Crippen LogP contribution is -2.51. The summed E-state index contributed by atoms with van der Waals surface area (Å²) in [5, 5.41) is 0.620. The van der Waals surface area contributed by atoms with Crippen molar-refractivity contribution in [2.75, 3.05) is 46.9 Å². The maximum absolute atomic E-state index is 12.6. The van der Waals surface area contributed by atoms with Crippen LogP contribution in [-0.2, 0) is 22.6 Å². The highest BCUT2D eigenvalue weighted by Crippen LogP contribution is 2.17. The number of carbonyl (C=O) groups is 2. The van der Waals surface area contributed by atoms with E-state index in [1.165, 1.54) is 0 Å². The summed E-state index contributed by atoms with van der Waals surface area (Å²) in [6.07, 6.45) is 0.307. The number of benzene rings is 2. The Bertz CT molecular complexity index is 882. The predicted octanol–water partition coefficient (Wildman–Crippen LogP) is 2.69. The average molecular weight is 430 g/mol. The van der Waals surface area contributed by atoms with Gasteiger partial charge < -0.3 is 14.5 Å². The van der Waals surface area contributed by atoms with Crippen LogP contribution >= 0.6 is 11.6 Å². The number of nitrogens with zero attached hydrogens (tertiary/aromatic N) is 3. The number of ether oxygens (including phenoxy) is 1. The number of halogens is 1. The second kappa shape index (κ2) is 10.5. The van der Waals surface area contributed by atoms with Gasteiger partial charge in [0.2, 0.25) is 11.8 Å². The van der Waals surface area contributed by atoms with Gasteiger partial charge in [-0.3, -0.25) is 14.5 Å². The quantitative estimate of drug-likeness (QED) is 0.679. The van der Waals surface area contributed by atoms with Gasteiger partial charge in [0.25, 0.3) is 0 Å². The van der Waals surface area contributed by atoms with Crippen LogP contribution in [0.3, 0.4) is 0 Å². The average Bonchev–Trinajstić information content (AvgIpc) is 2.76. The number of likely N-dealkylation sites (N-methyl/N-ethyl adjacent to an activating group) is 1. The van der Waals surface area contributed by atoms with Crippen molar-refractivity contribution in [2.24, 2.45) is 0 Å². The number of rotatable bonds is 7. The van der Waals surface area contributed by atoms with Gasteiger partial charge in [0.05, 0.1) is 20.1 Å². The molecule has 2 aromatic carbocycles. The molecule has 1 aliphatic heterocycles. The zero-order valence-electron chi connectivity index (χ0n) is 17.5. The van der Waals surface area contributed by atoms with Crippen LogP contribution in [0.5, 0.6) is 5.75 Å². The smallest absolute Gasteiger partial charge is 0.236 e. The molecule has 0 radical (unpaired) electrons. The molecule has 0 saturated carbocycles. The first-order chi connectivity index (χ1) is 14.5. The Morgan fingerprint density at radius 1 is 1.07 bits per heavy atom. The lowest BCUT2D eigenvalue weighted by molar-refractivity contribution is -0.134. The third-order valence-electron chi connectivity index (χ3n) is 5.36. The summed E-state index contributed by atoms with van der Waals surface area (Å²) in [6.45, 7) is 3.51. The molecule has 0 unspecified atom stereocenters. The van der Waals surface area contributed by atoms with E-state index in [4.69, 9.17) is 16.3 Å². The molecule has 0 aromatic heterocycles. The zero-order chi connectivity index (χ0) is 21.5. The molecule has 0 atom stereocenters. The highest BCUT2D eigenvalue weighted by molar-refractivity contribution is 6.31. The minimum atomic E-state index is 0.0636. The number of carbonyl (C=O) groups excluding carboxylic acids is 2. The summed E-state index contributed by atoms with van der Waals surface area (Å²) in [5.74, 6) is 0.920. The van der Waals surface area contributed by atoms with Crippen LogP contribution in [0.25, 0.3) is 0 Å². The lowest BCUT2D eigenvalue weighted by Gasteiger charge is -2.35. The van der Waals surface area contributed by atoms with Crippen molar-refractivity contribution in [3.8, 4) is 5.75 Å². The van der Waals surface area contributed by atoms with Crippen LogP contribution in [0, 0.1) is 0 Å². The summed E-state index contributed by atoms with van der Waals surface area (Å²) in [5.41, 5.74) is 1.88. The normalized spacial score (nSPS) is 14.4. The second-order valence-corrected chi connectivity index (χ2v) is 7.93. The van der Waals surface area contributed by atoms with Gasteiger partial charge in [0.15, 0.2) is 0 Å². The van der Waals surface area contributed by atoms with Crippen LogP contribution in [0.4, 0.5) is 0 Å². The molecule has 1 fully saturated rings. The van der Waals surface area contributed by atoms with Crippen molar-refractivity contribution in [3.05, 3.63) is 64.7 Å². The molecule has 1 heterocycles. The summed E-state index contributed by atoms with van der Waals surface area (Å²) < 4.78 is 5.24. The van der Waals surface area contributed by atoms with E-state index in [2.05, 4.69) is 4.90 Å². The molecule has 2 aromatic rings. The number of methoxy groups -OCH3 is 1. The van der Waals surface area contributed by atoms with Gasteiger partial charge in [0, 0.05) is 44.8 Å². The Morgan fingerprint density at radius 3 is 2.50 bits per heavy atom. The topological polar surface area (TPSA) is 53.1 Å². The fourth-order valence-corrected chi connectivity index (χ4v) is 3.72. The Labute approximate surface area is 183 Å². The molecule has 30 heavy (non-hydrogen) atoms. The molecule has 7 heteroatoms. The standard InChI is InChI=1S/C23H28ClN3O3/c1-25(16-18-6-5-8-20(14-18)30-2)23(29)17-26-10-12-27(13-11-26)22(28)15-19-7-3-4-9-21(19)24/h3-9,14H,10-13,15-17H2,1-2H3. The molecular formula is C23H28ClN3O3. The summed E-state index contributed by atoms with van der Waals surface area (Å²) in [4.78, 5) is 30.9. The van der Waals surface area contributed by atoms with E-state index in [1.54, 1.807) is 18.1 Å². The van der Waals surface area contributed by atoms with Crippen molar-refractivity contribution in [2.45, 2.75) is 13.0 Å². The maximum Gasteiger partial charge on any atom is 0.236 e. The minimum Gasteiger partial charge on any atom is -0.497 e. The van der Waals surface area contributed by atoms with E-state index in [1.807, 2.05) is 54.4 Å². The van der Waals surface area contributed by atoms with Crippen molar-refractivity contribution < 1.29 is 14.3 Å². The molecule has 0 spiro atoms. The van der Waals surface area contributed by atoms with Gasteiger partial charge in [-0.25, -0.2) is 0 Å². The highest BCUT2D eigenvalue weighted by atomic mass is 35.5. The van der Waals surface area contributed by atoms with E-state index >= 15 is 0 Å². The SMILES string of the molecule is COc1cccc(CN(C)C(=O)CN2CCN(C(=O)Cc3ccccc3Cl)CC2)c1. The highest BCUT2D eigenvalue weighted by Gasteiger charge is 2.24. The Morgan fingerprint density at radius 2 is 1.80 bits per heavy atom. The largest absolute Gasteiger partial charge is 0.497 e. The third kappa shape index (κ3) is 5.97. The molecule has 0 bridgehead atoms. The molecule has 6 nitrogen and oxygen atoms in total. The van der Waals surface area contributed by atoms with E-state index in [0.29, 0.717) is 50.7 Å². The number of hydrogen-bond acceptors (Lipinski definition) is 4. The van der Waals surface area contributed by atoms with Crippen LogP contribution < -0.4 is 4.74 Å². The van der Waals surface area contributed by atoms with Crippen molar-refractivity contribution in [1.82, 2.24) is 14.7 Å². The third-order valence-corrected chi connectivity index (χ3v) is 5.73. The summed E-state index contributed by atoms with van der Waals surface area (Å²) in [6, 6.07) is 15.2. The van der Waals surface area contributed by atoms with Crippen LogP contribution in [0.1, 0.15) is 11.1 Å². The minimum absolute atomic E-state index is 0.0636. The molecular weight excluding hydrogens is 402 g/mol. The first kappa shape index (κ1) is 22.1. The van der Waals surface area contributed by atoms with Gasteiger partial charge in [-0.05, 0) is 29.3 Å². The van der Waals surface area contributed by atoms with Gasteiger partial charge >= 0.3 is 0 Å². The number of hydrogen-bond donors (Lipinski definition) is 0. The second-order valence-electron chi connectivity index (χ2n) is 7.53. The molecule has 1 saturated heterocycles. The summed E-state index contributed by atoms with van der Waals surface area (Å²) >= 11 is 6.16. The van der Waals surface area contributed by atoms with Crippen molar-refractivity contribution >= 4 is 23.4 Å². The number of piperazine rings is 1. The first-order valence-corrected chi connectivity index (χ1v) is 10.4.